The van der Waals surface area contributed by atoms with E-state index in [1.165, 1.54) is 12.1 Å². The van der Waals surface area contributed by atoms with Crippen molar-refractivity contribution in [2.45, 2.75) is 0 Å². The number of carboxylic acids is 1. The van der Waals surface area contributed by atoms with Gasteiger partial charge in [-0.3, -0.25) is 4.79 Å². The predicted molar refractivity (Wildman–Crippen MR) is 79.9 cm³/mol. The van der Waals surface area contributed by atoms with E-state index in [0.29, 0.717) is 5.69 Å². The summed E-state index contributed by atoms with van der Waals surface area (Å²) >= 11 is 15.1. The third kappa shape index (κ3) is 3.15. The summed E-state index contributed by atoms with van der Waals surface area (Å²) in [6, 6.07) is 4.02. The summed E-state index contributed by atoms with van der Waals surface area (Å²) in [5.74, 6) is -1.59. The molecule has 1 aromatic heterocycles. The van der Waals surface area contributed by atoms with Crippen LogP contribution in [-0.4, -0.2) is 22.0 Å². The van der Waals surface area contributed by atoms with Crippen molar-refractivity contribution >= 4 is 56.7 Å². The maximum atomic E-state index is 12.0. The first kappa shape index (κ1) is 14.9. The largest absolute Gasteiger partial charge is 0.478 e. The Balaban J connectivity index is 2.30. The molecule has 20 heavy (non-hydrogen) atoms. The molecule has 0 bridgehead atoms. The molecule has 3 N–H and O–H groups in total. The molecule has 0 aliphatic carbocycles. The van der Waals surface area contributed by atoms with Gasteiger partial charge in [0, 0.05) is 10.7 Å². The van der Waals surface area contributed by atoms with Gasteiger partial charge in [0.15, 0.2) is 0 Å². The first-order valence-corrected chi connectivity index (χ1v) is 6.81. The zero-order valence-corrected chi connectivity index (χ0v) is 12.8. The Morgan fingerprint density at radius 1 is 1.20 bits per heavy atom. The van der Waals surface area contributed by atoms with Crippen molar-refractivity contribution < 1.29 is 14.7 Å². The average molecular weight is 378 g/mol. The SMILES string of the molecule is O=C(O)c1cc(Cl)c(NC(=O)c2cc(Br)c[nH]2)c(Cl)c1. The van der Waals surface area contributed by atoms with E-state index >= 15 is 0 Å². The third-order valence-electron chi connectivity index (χ3n) is 2.42. The molecule has 1 heterocycles. The van der Waals surface area contributed by atoms with Crippen LogP contribution in [0.3, 0.4) is 0 Å². The van der Waals surface area contributed by atoms with Gasteiger partial charge in [-0.2, -0.15) is 0 Å². The molecule has 0 fully saturated rings. The van der Waals surface area contributed by atoms with Gasteiger partial charge < -0.3 is 15.4 Å². The van der Waals surface area contributed by atoms with Crippen LogP contribution in [0.15, 0.2) is 28.9 Å². The molecule has 1 aromatic carbocycles. The van der Waals surface area contributed by atoms with E-state index in [4.69, 9.17) is 28.3 Å². The van der Waals surface area contributed by atoms with Gasteiger partial charge in [0.2, 0.25) is 0 Å². The van der Waals surface area contributed by atoms with Gasteiger partial charge in [-0.15, -0.1) is 0 Å². The van der Waals surface area contributed by atoms with Crippen LogP contribution < -0.4 is 5.32 Å². The molecule has 0 aliphatic heterocycles. The van der Waals surface area contributed by atoms with Gasteiger partial charge >= 0.3 is 5.97 Å². The topological polar surface area (TPSA) is 82.2 Å². The predicted octanol–water partition coefficient (Wildman–Crippen LogP) is 4.03. The van der Waals surface area contributed by atoms with E-state index in [-0.39, 0.29) is 21.3 Å². The number of amides is 1. The van der Waals surface area contributed by atoms with Crippen LogP contribution in [0, 0.1) is 0 Å². The Kier molecular flexibility index (Phi) is 4.37. The Morgan fingerprint density at radius 2 is 1.80 bits per heavy atom. The Morgan fingerprint density at radius 3 is 2.25 bits per heavy atom. The standard InChI is InChI=1S/C12H7BrCl2N2O3/c13-6-3-9(16-4-6)11(18)17-10-7(14)1-5(12(19)20)2-8(10)15/h1-4,16H,(H,17,18)(H,19,20). The van der Waals surface area contributed by atoms with Crippen molar-refractivity contribution in [3.63, 3.8) is 0 Å². The van der Waals surface area contributed by atoms with Gasteiger partial charge in [0.1, 0.15) is 5.69 Å². The minimum atomic E-state index is -1.15. The Hall–Kier alpha value is -1.50. The molecule has 2 rings (SSSR count). The van der Waals surface area contributed by atoms with Gasteiger partial charge in [-0.1, -0.05) is 23.2 Å². The summed E-state index contributed by atoms with van der Waals surface area (Å²) in [5.41, 5.74) is 0.418. The highest BCUT2D eigenvalue weighted by atomic mass is 79.9. The lowest BCUT2D eigenvalue weighted by Gasteiger charge is -2.09. The zero-order chi connectivity index (χ0) is 14.9. The van der Waals surface area contributed by atoms with Crippen LogP contribution in [0.4, 0.5) is 5.69 Å². The van der Waals surface area contributed by atoms with Crippen LogP contribution in [-0.2, 0) is 0 Å². The molecule has 0 spiro atoms. The van der Waals surface area contributed by atoms with Crippen molar-refractivity contribution in [2.24, 2.45) is 0 Å². The lowest BCUT2D eigenvalue weighted by atomic mass is 10.2. The number of aromatic nitrogens is 1. The molecule has 0 radical (unpaired) electrons. The summed E-state index contributed by atoms with van der Waals surface area (Å²) in [4.78, 5) is 25.6. The number of hydrogen-bond acceptors (Lipinski definition) is 2. The minimum Gasteiger partial charge on any atom is -0.478 e. The van der Waals surface area contributed by atoms with Gasteiger partial charge in [-0.25, -0.2) is 4.79 Å². The van der Waals surface area contributed by atoms with Crippen LogP contribution in [0.2, 0.25) is 10.0 Å². The van der Waals surface area contributed by atoms with Crippen LogP contribution in [0.1, 0.15) is 20.8 Å². The van der Waals surface area contributed by atoms with E-state index in [9.17, 15) is 9.59 Å². The number of anilines is 1. The molecule has 0 saturated heterocycles. The first-order chi connectivity index (χ1) is 9.38. The molecule has 5 nitrogen and oxygen atoms in total. The van der Waals surface area contributed by atoms with Crippen molar-refractivity contribution in [1.82, 2.24) is 4.98 Å². The fraction of sp³-hybridized carbons (Fsp3) is 0. The number of nitrogens with one attached hydrogen (secondary N) is 2. The lowest BCUT2D eigenvalue weighted by Crippen LogP contribution is -2.13. The van der Waals surface area contributed by atoms with Gasteiger partial charge in [0.25, 0.3) is 5.91 Å². The molecule has 1 amide bonds. The molecule has 0 unspecified atom stereocenters. The molecule has 8 heteroatoms. The van der Waals surface area contributed by atoms with Gasteiger partial charge in [-0.05, 0) is 34.1 Å². The fourth-order valence-corrected chi connectivity index (χ4v) is 2.42. The van der Waals surface area contributed by atoms with E-state index in [2.05, 4.69) is 26.2 Å². The van der Waals surface area contributed by atoms with E-state index < -0.39 is 11.9 Å². The number of aromatic carboxylic acids is 1. The van der Waals surface area contributed by atoms with Crippen molar-refractivity contribution in [3.05, 3.63) is 50.2 Å². The number of hydrogen-bond donors (Lipinski definition) is 3. The van der Waals surface area contributed by atoms with E-state index in [0.717, 1.165) is 4.47 Å². The number of rotatable bonds is 3. The molecular weight excluding hydrogens is 371 g/mol. The Bertz CT molecular complexity index is 677. The summed E-state index contributed by atoms with van der Waals surface area (Å²) in [5, 5.41) is 11.5. The number of aromatic amines is 1. The fourth-order valence-electron chi connectivity index (χ4n) is 1.50. The average Bonchev–Trinajstić information content (AvgIpc) is 2.80. The van der Waals surface area contributed by atoms with Gasteiger partial charge in [0.05, 0.1) is 21.3 Å². The normalized spacial score (nSPS) is 10.3. The number of benzene rings is 1. The summed E-state index contributed by atoms with van der Waals surface area (Å²) in [6.45, 7) is 0. The number of carbonyl (C=O) groups excluding carboxylic acids is 1. The van der Waals surface area contributed by atoms with Crippen LogP contribution >= 0.6 is 39.1 Å². The van der Waals surface area contributed by atoms with Crippen molar-refractivity contribution in [2.75, 3.05) is 5.32 Å². The molecule has 0 aliphatic rings. The third-order valence-corrected chi connectivity index (χ3v) is 3.47. The highest BCUT2D eigenvalue weighted by molar-refractivity contribution is 9.10. The summed E-state index contributed by atoms with van der Waals surface area (Å²) in [6.07, 6.45) is 1.60. The maximum Gasteiger partial charge on any atom is 0.335 e. The molecule has 104 valence electrons. The second-order valence-electron chi connectivity index (χ2n) is 3.81. The van der Waals surface area contributed by atoms with E-state index in [1.807, 2.05) is 0 Å². The highest BCUT2D eigenvalue weighted by Crippen LogP contribution is 2.32. The van der Waals surface area contributed by atoms with Crippen LogP contribution in [0.25, 0.3) is 0 Å². The highest BCUT2D eigenvalue weighted by Gasteiger charge is 2.16. The zero-order valence-electron chi connectivity index (χ0n) is 9.71. The lowest BCUT2D eigenvalue weighted by molar-refractivity contribution is 0.0696. The summed E-state index contributed by atoms with van der Waals surface area (Å²) < 4.78 is 0.723. The monoisotopic (exact) mass is 376 g/mol. The number of halogens is 3. The molecule has 0 saturated carbocycles. The van der Waals surface area contributed by atoms with Crippen molar-refractivity contribution in [3.8, 4) is 0 Å². The first-order valence-electron chi connectivity index (χ1n) is 5.26. The second-order valence-corrected chi connectivity index (χ2v) is 5.54. The van der Waals surface area contributed by atoms with Crippen molar-refractivity contribution in [1.29, 1.82) is 0 Å². The summed E-state index contributed by atoms with van der Waals surface area (Å²) in [7, 11) is 0. The Labute approximate surface area is 132 Å². The molecule has 0 atom stereocenters. The minimum absolute atomic E-state index is 0.0499. The molecule has 2 aromatic rings. The number of carbonyl (C=O) groups is 2. The second kappa shape index (κ2) is 5.87. The maximum absolute atomic E-state index is 12.0. The molecular formula is C12H7BrCl2N2O3. The van der Waals surface area contributed by atoms with E-state index in [1.54, 1.807) is 12.3 Å². The smallest absolute Gasteiger partial charge is 0.335 e. The quantitative estimate of drug-likeness (QED) is 0.754. The van der Waals surface area contributed by atoms with Crippen LogP contribution in [0.5, 0.6) is 0 Å². The number of H-pyrrole nitrogens is 1. The number of carboxylic acid groups (broad SMARTS) is 1.